The number of hydrogen-bond donors (Lipinski definition) is 1. The van der Waals surface area contributed by atoms with Crippen LogP contribution in [0.4, 0.5) is 17.6 Å². The van der Waals surface area contributed by atoms with Crippen LogP contribution in [-0.4, -0.2) is 18.2 Å². The number of carboxylic acid groups (broad SMARTS) is 1. The average Bonchev–Trinajstić information content (AvgIpc) is 2.58. The predicted molar refractivity (Wildman–Crippen MR) is 84.9 cm³/mol. The van der Waals surface area contributed by atoms with Crippen LogP contribution in [0.1, 0.15) is 11.1 Å². The minimum absolute atomic E-state index is 0.136. The Kier molecular flexibility index (Phi) is 6.08. The maximum Gasteiger partial charge on any atom is 0.339 e. The Morgan fingerprint density at radius 1 is 1.16 bits per heavy atom. The summed E-state index contributed by atoms with van der Waals surface area (Å²) in [7, 11) is 1.28. The third kappa shape index (κ3) is 4.14. The Labute approximate surface area is 144 Å². The van der Waals surface area contributed by atoms with E-state index in [1.807, 2.05) is 0 Å². The molecule has 8 heteroatoms. The van der Waals surface area contributed by atoms with Crippen LogP contribution in [0.15, 0.2) is 41.5 Å². The van der Waals surface area contributed by atoms with Gasteiger partial charge in [-0.2, -0.15) is 0 Å². The van der Waals surface area contributed by atoms with Gasteiger partial charge in [-0.25, -0.2) is 22.4 Å². The summed E-state index contributed by atoms with van der Waals surface area (Å²) < 4.78 is 58.7. The van der Waals surface area contributed by atoms with Gasteiger partial charge in [0.1, 0.15) is 5.57 Å². The molecular formula is C17H12F4O3S. The number of rotatable bonds is 6. The van der Waals surface area contributed by atoms with Crippen molar-refractivity contribution in [2.24, 2.45) is 0 Å². The minimum Gasteiger partial charge on any atom is -0.503 e. The molecule has 132 valence electrons. The molecule has 1 N–H and O–H groups in total. The molecule has 2 aromatic rings. The summed E-state index contributed by atoms with van der Waals surface area (Å²) in [6.45, 7) is 0. The quantitative estimate of drug-likeness (QED) is 0.265. The molecular weight excluding hydrogens is 360 g/mol. The summed E-state index contributed by atoms with van der Waals surface area (Å²) in [5.74, 6) is -7.63. The van der Waals surface area contributed by atoms with Gasteiger partial charge in [-0.15, -0.1) is 11.8 Å². The summed E-state index contributed by atoms with van der Waals surface area (Å²) in [4.78, 5) is 11.7. The van der Waals surface area contributed by atoms with Crippen molar-refractivity contribution in [2.75, 3.05) is 7.11 Å². The highest BCUT2D eigenvalue weighted by molar-refractivity contribution is 7.98. The minimum atomic E-state index is -1.49. The van der Waals surface area contributed by atoms with Crippen LogP contribution in [0.3, 0.4) is 0 Å². The summed E-state index contributed by atoms with van der Waals surface area (Å²) in [5.41, 5.74) is -0.679. The highest BCUT2D eigenvalue weighted by Crippen LogP contribution is 2.33. The van der Waals surface area contributed by atoms with E-state index >= 15 is 0 Å². The third-order valence-corrected chi connectivity index (χ3v) is 4.32. The second kappa shape index (κ2) is 8.06. The van der Waals surface area contributed by atoms with Gasteiger partial charge in [-0.3, -0.25) is 0 Å². The van der Waals surface area contributed by atoms with Crippen LogP contribution in [0.25, 0.3) is 5.57 Å². The Hall–Kier alpha value is -2.48. The van der Waals surface area contributed by atoms with Crippen LogP contribution in [0.5, 0.6) is 0 Å². The molecule has 0 unspecified atom stereocenters. The van der Waals surface area contributed by atoms with Gasteiger partial charge in [0.2, 0.25) is 0 Å². The zero-order valence-corrected chi connectivity index (χ0v) is 13.7. The Bertz CT molecular complexity index is 811. The number of carboxylic acids is 1. The maximum absolute atomic E-state index is 13.7. The molecule has 0 bridgehead atoms. The van der Waals surface area contributed by atoms with Gasteiger partial charge in [-0.1, -0.05) is 18.2 Å². The zero-order chi connectivity index (χ0) is 18.6. The molecule has 2 rings (SSSR count). The fourth-order valence-corrected chi connectivity index (χ4v) is 3.12. The van der Waals surface area contributed by atoms with E-state index in [-0.39, 0.29) is 17.2 Å². The van der Waals surface area contributed by atoms with Crippen LogP contribution in [0.2, 0.25) is 0 Å². The first-order valence-corrected chi connectivity index (χ1v) is 7.85. The van der Waals surface area contributed by atoms with E-state index < -0.39 is 40.6 Å². The fraction of sp³-hybridized carbons (Fsp3) is 0.118. The lowest BCUT2D eigenvalue weighted by Crippen LogP contribution is -2.03. The first-order chi connectivity index (χ1) is 11.9. The molecule has 2 aromatic carbocycles. The molecule has 0 atom stereocenters. The molecule has 0 spiro atoms. The van der Waals surface area contributed by atoms with Gasteiger partial charge in [0, 0.05) is 27.8 Å². The molecule has 0 heterocycles. The number of benzene rings is 2. The van der Waals surface area contributed by atoms with E-state index in [0.29, 0.717) is 4.90 Å². The molecule has 0 saturated heterocycles. The van der Waals surface area contributed by atoms with Crippen LogP contribution < -0.4 is 0 Å². The fourth-order valence-electron chi connectivity index (χ4n) is 2.06. The van der Waals surface area contributed by atoms with Crippen molar-refractivity contribution in [1.29, 1.82) is 0 Å². The number of thioether (sulfide) groups is 1. The Morgan fingerprint density at radius 2 is 1.76 bits per heavy atom. The largest absolute Gasteiger partial charge is 0.503 e. The Morgan fingerprint density at radius 3 is 2.32 bits per heavy atom. The van der Waals surface area contributed by atoms with Crippen LogP contribution in [0, 0.1) is 23.3 Å². The van der Waals surface area contributed by atoms with Crippen molar-refractivity contribution in [3.63, 3.8) is 0 Å². The smallest absolute Gasteiger partial charge is 0.339 e. The second-order valence-corrected chi connectivity index (χ2v) is 5.82. The summed E-state index contributed by atoms with van der Waals surface area (Å²) in [6.07, 6.45) is 1.02. The van der Waals surface area contributed by atoms with Crippen molar-refractivity contribution >= 4 is 23.3 Å². The number of aliphatic carboxylic acids is 1. The van der Waals surface area contributed by atoms with Gasteiger partial charge < -0.3 is 9.84 Å². The van der Waals surface area contributed by atoms with E-state index in [1.54, 1.807) is 12.1 Å². The SMILES string of the molecule is COC=C(C(=O)O)c1ccccc1SCc1c(F)c(F)cc(F)c1F. The number of hydrogen-bond acceptors (Lipinski definition) is 3. The van der Waals surface area contributed by atoms with E-state index in [9.17, 15) is 27.5 Å². The zero-order valence-electron chi connectivity index (χ0n) is 12.9. The average molecular weight is 372 g/mol. The van der Waals surface area contributed by atoms with Gasteiger partial charge in [0.05, 0.1) is 13.4 Å². The lowest BCUT2D eigenvalue weighted by molar-refractivity contribution is -0.130. The summed E-state index contributed by atoms with van der Waals surface area (Å²) >= 11 is 0.844. The van der Waals surface area contributed by atoms with Gasteiger partial charge in [-0.05, 0) is 6.07 Å². The summed E-state index contributed by atoms with van der Waals surface area (Å²) in [6, 6.07) is 6.32. The topological polar surface area (TPSA) is 46.5 Å². The molecule has 0 aliphatic heterocycles. The van der Waals surface area contributed by atoms with Crippen LogP contribution >= 0.6 is 11.8 Å². The molecule has 3 nitrogen and oxygen atoms in total. The standard InChI is InChI=1S/C17H12F4O3S/c1-24-7-10(17(22)23)9-4-2-3-5-14(9)25-8-11-15(20)12(18)6-13(19)16(11)21/h2-7H,8H2,1H3,(H,22,23). The first-order valence-electron chi connectivity index (χ1n) is 6.87. The van der Waals surface area contributed by atoms with E-state index in [4.69, 9.17) is 4.74 Å². The molecule has 0 amide bonds. The monoisotopic (exact) mass is 372 g/mol. The van der Waals surface area contributed by atoms with Crippen molar-refractivity contribution in [3.8, 4) is 0 Å². The molecule has 0 saturated carbocycles. The normalized spacial score (nSPS) is 11.5. The van der Waals surface area contributed by atoms with E-state index in [0.717, 1.165) is 18.0 Å². The highest BCUT2D eigenvalue weighted by atomic mass is 32.2. The van der Waals surface area contributed by atoms with Gasteiger partial charge in [0.25, 0.3) is 0 Å². The number of ether oxygens (including phenoxy) is 1. The van der Waals surface area contributed by atoms with Crippen molar-refractivity contribution in [2.45, 2.75) is 10.6 Å². The Balaban J connectivity index is 2.38. The lowest BCUT2D eigenvalue weighted by atomic mass is 10.1. The summed E-state index contributed by atoms with van der Waals surface area (Å²) in [5, 5.41) is 9.25. The van der Waals surface area contributed by atoms with Crippen molar-refractivity contribution in [3.05, 3.63) is 71.0 Å². The molecule has 0 aliphatic carbocycles. The number of halogens is 4. The number of methoxy groups -OCH3 is 1. The van der Waals surface area contributed by atoms with E-state index in [1.165, 1.54) is 19.2 Å². The molecule has 0 radical (unpaired) electrons. The third-order valence-electron chi connectivity index (χ3n) is 3.22. The lowest BCUT2D eigenvalue weighted by Gasteiger charge is -2.11. The molecule has 25 heavy (non-hydrogen) atoms. The van der Waals surface area contributed by atoms with Crippen molar-refractivity contribution < 1.29 is 32.2 Å². The van der Waals surface area contributed by atoms with Gasteiger partial charge in [0.15, 0.2) is 23.3 Å². The highest BCUT2D eigenvalue weighted by Gasteiger charge is 2.20. The first kappa shape index (κ1) is 18.9. The van der Waals surface area contributed by atoms with E-state index in [2.05, 4.69) is 0 Å². The molecule has 0 aliphatic rings. The predicted octanol–water partition coefficient (Wildman–Crippen LogP) is 4.61. The van der Waals surface area contributed by atoms with Crippen molar-refractivity contribution in [1.82, 2.24) is 0 Å². The van der Waals surface area contributed by atoms with Gasteiger partial charge >= 0.3 is 5.97 Å². The molecule has 0 aromatic heterocycles. The second-order valence-electron chi connectivity index (χ2n) is 4.80. The van der Waals surface area contributed by atoms with Crippen LogP contribution in [-0.2, 0) is 15.3 Å². The maximum atomic E-state index is 13.7. The molecule has 0 fully saturated rings. The number of carbonyl (C=O) groups is 1.